The zero-order valence-corrected chi connectivity index (χ0v) is 9.88. The van der Waals surface area contributed by atoms with Crippen LogP contribution in [0.4, 0.5) is 0 Å². The van der Waals surface area contributed by atoms with Crippen LogP contribution in [0.3, 0.4) is 0 Å². The highest BCUT2D eigenvalue weighted by Crippen LogP contribution is 2.09. The van der Waals surface area contributed by atoms with E-state index in [-0.39, 0.29) is 6.04 Å². The fourth-order valence-corrected chi connectivity index (χ4v) is 1.72. The zero-order valence-electron chi connectivity index (χ0n) is 9.88. The van der Waals surface area contributed by atoms with Gasteiger partial charge in [-0.15, -0.1) is 0 Å². The molecule has 5 heteroatoms. The molecule has 0 spiro atoms. The average molecular weight is 219 g/mol. The Labute approximate surface area is 95.1 Å². The van der Waals surface area contributed by atoms with Crippen molar-refractivity contribution in [2.24, 2.45) is 14.1 Å². The van der Waals surface area contributed by atoms with Crippen LogP contribution in [-0.2, 0) is 20.6 Å². The molecule has 1 atom stereocenters. The van der Waals surface area contributed by atoms with Gasteiger partial charge in [-0.05, 0) is 13.0 Å². The van der Waals surface area contributed by atoms with Crippen molar-refractivity contribution in [1.29, 1.82) is 0 Å². The van der Waals surface area contributed by atoms with Crippen molar-refractivity contribution >= 4 is 0 Å². The van der Waals surface area contributed by atoms with Gasteiger partial charge in [0.2, 0.25) is 0 Å². The highest BCUT2D eigenvalue weighted by molar-refractivity contribution is 5.02. The number of rotatable bonds is 4. The maximum Gasteiger partial charge on any atom is 0.125 e. The maximum atomic E-state index is 4.32. The van der Waals surface area contributed by atoms with Gasteiger partial charge in [0, 0.05) is 39.2 Å². The van der Waals surface area contributed by atoms with Crippen LogP contribution in [0.5, 0.6) is 0 Å². The third kappa shape index (κ3) is 2.14. The Morgan fingerprint density at radius 2 is 2.19 bits per heavy atom. The molecule has 2 aromatic heterocycles. The van der Waals surface area contributed by atoms with Crippen molar-refractivity contribution in [2.75, 3.05) is 0 Å². The van der Waals surface area contributed by atoms with Crippen LogP contribution in [0.1, 0.15) is 24.5 Å². The van der Waals surface area contributed by atoms with Crippen molar-refractivity contribution in [3.8, 4) is 0 Å². The van der Waals surface area contributed by atoms with Gasteiger partial charge in [0.05, 0.1) is 11.7 Å². The lowest BCUT2D eigenvalue weighted by molar-refractivity contribution is 0.513. The number of hydrogen-bond acceptors (Lipinski definition) is 3. The number of aromatic nitrogens is 4. The summed E-state index contributed by atoms with van der Waals surface area (Å²) in [5, 5.41) is 7.56. The third-order valence-corrected chi connectivity index (χ3v) is 2.76. The predicted molar refractivity (Wildman–Crippen MR) is 61.7 cm³/mol. The molecule has 5 nitrogen and oxygen atoms in total. The number of nitrogens with zero attached hydrogens (tertiary/aromatic N) is 4. The second-order valence-corrected chi connectivity index (χ2v) is 3.95. The molecular weight excluding hydrogens is 202 g/mol. The fraction of sp³-hybridized carbons (Fsp3) is 0.455. The number of imidazole rings is 1. The van der Waals surface area contributed by atoms with Crippen LogP contribution in [0.25, 0.3) is 0 Å². The van der Waals surface area contributed by atoms with Crippen LogP contribution in [-0.4, -0.2) is 19.3 Å². The van der Waals surface area contributed by atoms with Crippen LogP contribution in [0.2, 0.25) is 0 Å². The second-order valence-electron chi connectivity index (χ2n) is 3.95. The molecule has 2 aromatic rings. The van der Waals surface area contributed by atoms with Gasteiger partial charge in [0.15, 0.2) is 0 Å². The Morgan fingerprint density at radius 1 is 1.38 bits per heavy atom. The van der Waals surface area contributed by atoms with Gasteiger partial charge in [-0.1, -0.05) is 0 Å². The second kappa shape index (κ2) is 4.49. The summed E-state index contributed by atoms with van der Waals surface area (Å²) in [5.74, 6) is 1.04. The Kier molecular flexibility index (Phi) is 3.05. The van der Waals surface area contributed by atoms with Gasteiger partial charge >= 0.3 is 0 Å². The molecular formula is C11H17N5. The molecule has 86 valence electrons. The quantitative estimate of drug-likeness (QED) is 0.834. The van der Waals surface area contributed by atoms with Crippen LogP contribution in [0.15, 0.2) is 24.7 Å². The normalized spacial score (nSPS) is 12.9. The van der Waals surface area contributed by atoms with Crippen molar-refractivity contribution in [2.45, 2.75) is 19.5 Å². The summed E-state index contributed by atoms with van der Waals surface area (Å²) in [6, 6.07) is 2.24. The summed E-state index contributed by atoms with van der Waals surface area (Å²) >= 11 is 0. The summed E-state index contributed by atoms with van der Waals surface area (Å²) in [5.41, 5.74) is 1.17. The third-order valence-electron chi connectivity index (χ3n) is 2.76. The Morgan fingerprint density at radius 3 is 2.75 bits per heavy atom. The minimum atomic E-state index is 0.231. The summed E-state index contributed by atoms with van der Waals surface area (Å²) in [6.45, 7) is 2.91. The lowest BCUT2D eigenvalue weighted by Gasteiger charge is -2.13. The van der Waals surface area contributed by atoms with E-state index in [2.05, 4.69) is 22.3 Å². The van der Waals surface area contributed by atoms with Crippen molar-refractivity contribution in [3.05, 3.63) is 36.2 Å². The molecule has 0 bridgehead atoms. The smallest absolute Gasteiger partial charge is 0.125 e. The summed E-state index contributed by atoms with van der Waals surface area (Å²) < 4.78 is 3.90. The molecule has 0 aromatic carbocycles. The fourth-order valence-electron chi connectivity index (χ4n) is 1.72. The van der Waals surface area contributed by atoms with Gasteiger partial charge in [0.25, 0.3) is 0 Å². The molecule has 0 saturated heterocycles. The summed E-state index contributed by atoms with van der Waals surface area (Å²) in [6.07, 6.45) is 5.58. The summed E-state index contributed by atoms with van der Waals surface area (Å²) in [7, 11) is 3.95. The van der Waals surface area contributed by atoms with E-state index in [0.717, 1.165) is 12.4 Å². The van der Waals surface area contributed by atoms with Gasteiger partial charge in [0.1, 0.15) is 5.82 Å². The zero-order chi connectivity index (χ0) is 11.5. The van der Waals surface area contributed by atoms with E-state index in [1.165, 1.54) is 5.69 Å². The topological polar surface area (TPSA) is 47.7 Å². The molecule has 2 heterocycles. The van der Waals surface area contributed by atoms with Crippen molar-refractivity contribution < 1.29 is 0 Å². The first-order valence-corrected chi connectivity index (χ1v) is 5.36. The van der Waals surface area contributed by atoms with E-state index in [1.54, 1.807) is 0 Å². The molecule has 0 radical (unpaired) electrons. The average Bonchev–Trinajstić information content (AvgIpc) is 2.84. The van der Waals surface area contributed by atoms with E-state index in [0.29, 0.717) is 0 Å². The SMILES string of the molecule is CC(NCc1ccnn1C)c1nccn1C. The number of hydrogen-bond donors (Lipinski definition) is 1. The Bertz CT molecular complexity index is 456. The van der Waals surface area contributed by atoms with Gasteiger partial charge in [-0.2, -0.15) is 5.10 Å². The highest BCUT2D eigenvalue weighted by Gasteiger charge is 2.09. The molecule has 0 amide bonds. The predicted octanol–water partition coefficient (Wildman–Crippen LogP) is 1.00. The minimum absolute atomic E-state index is 0.231. The lowest BCUT2D eigenvalue weighted by Crippen LogP contribution is -2.22. The number of aryl methyl sites for hydroxylation is 2. The monoisotopic (exact) mass is 219 g/mol. The highest BCUT2D eigenvalue weighted by atomic mass is 15.3. The molecule has 1 N–H and O–H groups in total. The first kappa shape index (κ1) is 10.9. The van der Waals surface area contributed by atoms with Gasteiger partial charge in [-0.3, -0.25) is 4.68 Å². The Balaban J connectivity index is 1.97. The van der Waals surface area contributed by atoms with Crippen molar-refractivity contribution in [3.63, 3.8) is 0 Å². The maximum absolute atomic E-state index is 4.32. The standard InChI is InChI=1S/C11H17N5/c1-9(11-12-6-7-15(11)2)13-8-10-4-5-14-16(10)3/h4-7,9,13H,8H2,1-3H3. The van der Waals surface area contributed by atoms with Crippen LogP contribution in [0, 0.1) is 0 Å². The molecule has 0 saturated carbocycles. The molecule has 16 heavy (non-hydrogen) atoms. The summed E-state index contributed by atoms with van der Waals surface area (Å²) in [4.78, 5) is 4.32. The molecule has 0 aliphatic heterocycles. The lowest BCUT2D eigenvalue weighted by atomic mass is 10.3. The van der Waals surface area contributed by atoms with E-state index < -0.39 is 0 Å². The van der Waals surface area contributed by atoms with Crippen LogP contribution >= 0.6 is 0 Å². The van der Waals surface area contributed by atoms with Gasteiger partial charge < -0.3 is 9.88 Å². The molecule has 0 fully saturated rings. The first-order chi connectivity index (χ1) is 7.68. The van der Waals surface area contributed by atoms with E-state index >= 15 is 0 Å². The Hall–Kier alpha value is -1.62. The molecule has 2 rings (SSSR count). The first-order valence-electron chi connectivity index (χ1n) is 5.36. The van der Waals surface area contributed by atoms with Crippen molar-refractivity contribution in [1.82, 2.24) is 24.6 Å². The van der Waals surface area contributed by atoms with Gasteiger partial charge in [-0.25, -0.2) is 4.98 Å². The van der Waals surface area contributed by atoms with Crippen LogP contribution < -0.4 is 5.32 Å². The minimum Gasteiger partial charge on any atom is -0.337 e. The molecule has 1 unspecified atom stereocenters. The number of nitrogens with one attached hydrogen (secondary N) is 1. The van der Waals surface area contributed by atoms with E-state index in [9.17, 15) is 0 Å². The molecule has 0 aliphatic rings. The largest absolute Gasteiger partial charge is 0.337 e. The molecule has 0 aliphatic carbocycles. The van der Waals surface area contributed by atoms with E-state index in [1.807, 2.05) is 48.0 Å². The van der Waals surface area contributed by atoms with E-state index in [4.69, 9.17) is 0 Å².